The molecule has 3 heteroatoms. The second kappa shape index (κ2) is 3.57. The summed E-state index contributed by atoms with van der Waals surface area (Å²) in [6.45, 7) is 0. The van der Waals surface area contributed by atoms with Gasteiger partial charge in [0, 0.05) is 0 Å². The minimum atomic E-state index is 0. The summed E-state index contributed by atoms with van der Waals surface area (Å²) in [6, 6.07) is 3.61. The molecule has 7 heavy (non-hydrogen) atoms. The summed E-state index contributed by atoms with van der Waals surface area (Å²) < 4.78 is 0.801. The Hall–Kier alpha value is 0.587. The van der Waals surface area contributed by atoms with Crippen LogP contribution in [0.25, 0.3) is 0 Å². The molecule has 1 aromatic rings. The van der Waals surface area contributed by atoms with E-state index in [4.69, 9.17) is 11.6 Å². The van der Waals surface area contributed by atoms with Gasteiger partial charge in [-0.2, -0.15) is 23.7 Å². The summed E-state index contributed by atoms with van der Waals surface area (Å²) in [6.07, 6.45) is 0. The summed E-state index contributed by atoms with van der Waals surface area (Å²) in [5.41, 5.74) is 0. The summed E-state index contributed by atoms with van der Waals surface area (Å²) in [5.74, 6) is 0. The van der Waals surface area contributed by atoms with Gasteiger partial charge in [0.15, 0.2) is 0 Å². The summed E-state index contributed by atoms with van der Waals surface area (Å²) in [4.78, 5) is 0. The van der Waals surface area contributed by atoms with Crippen LogP contribution in [0.4, 0.5) is 0 Å². The summed E-state index contributed by atoms with van der Waals surface area (Å²) in [7, 11) is 0. The first-order valence-corrected chi connectivity index (χ1v) is 2.70. The molecule has 0 nitrogen and oxygen atoms in total. The molecular weight excluding hydrogens is 123 g/mol. The first-order valence-electron chi connectivity index (χ1n) is 1.51. The molecule has 0 aliphatic rings. The minimum Gasteiger partial charge on any atom is -0.284 e. The molecule has 1 rings (SSSR count). The average molecular weight is 125 g/mol. The van der Waals surface area contributed by atoms with Crippen molar-refractivity contribution in [2.24, 2.45) is 0 Å². The Morgan fingerprint density at radius 1 is 1.71 bits per heavy atom. The first kappa shape index (κ1) is 7.59. The topological polar surface area (TPSA) is 0 Å². The van der Waals surface area contributed by atoms with Crippen LogP contribution in [0.5, 0.6) is 0 Å². The van der Waals surface area contributed by atoms with Gasteiger partial charge in [-0.15, -0.1) is 5.38 Å². The van der Waals surface area contributed by atoms with E-state index in [0.29, 0.717) is 0 Å². The predicted molar refractivity (Wildman–Crippen MR) is 28.2 cm³/mol. The predicted octanol–water partition coefficient (Wildman–Crippen LogP) is -0.794. The van der Waals surface area contributed by atoms with E-state index in [0.717, 1.165) is 4.34 Å². The number of hydrogen-bond acceptors (Lipinski definition) is 1. The average Bonchev–Trinajstić information content (AvgIpc) is 1.86. The zero-order chi connectivity index (χ0) is 4.41. The van der Waals surface area contributed by atoms with Crippen molar-refractivity contribution in [3.05, 3.63) is 21.8 Å². The van der Waals surface area contributed by atoms with Crippen molar-refractivity contribution < 1.29 is 18.9 Å². The molecule has 0 N–H and O–H groups in total. The van der Waals surface area contributed by atoms with Crippen LogP contribution in [-0.2, 0) is 0 Å². The number of rotatable bonds is 0. The smallest absolute Gasteiger partial charge is 0.284 e. The molecule has 1 aromatic heterocycles. The molecule has 0 fully saturated rings. The molecule has 0 saturated carbocycles. The van der Waals surface area contributed by atoms with Crippen molar-refractivity contribution in [3.8, 4) is 0 Å². The Bertz CT molecular complexity index is 115. The molecule has 0 atom stereocenters. The third-order valence-electron chi connectivity index (χ3n) is 0.439. The second-order valence-corrected chi connectivity index (χ2v) is 2.37. The third kappa shape index (κ3) is 2.41. The maximum absolute atomic E-state index is 5.44. The largest absolute Gasteiger partial charge is 1.00 e. The van der Waals surface area contributed by atoms with E-state index in [1.54, 1.807) is 6.07 Å². The van der Waals surface area contributed by atoms with E-state index in [9.17, 15) is 0 Å². The minimum absolute atomic E-state index is 0. The van der Waals surface area contributed by atoms with Gasteiger partial charge < -0.3 is 0 Å². The van der Waals surface area contributed by atoms with Crippen LogP contribution in [0.3, 0.4) is 0 Å². The summed E-state index contributed by atoms with van der Waals surface area (Å²) in [5, 5.41) is 2.84. The van der Waals surface area contributed by atoms with Gasteiger partial charge in [-0.1, -0.05) is 4.34 Å². The SMILES string of the molecule is Clc1cc[c-]s1.[Li+]. The molecule has 0 radical (unpaired) electrons. The van der Waals surface area contributed by atoms with Crippen molar-refractivity contribution in [2.75, 3.05) is 0 Å². The maximum Gasteiger partial charge on any atom is 1.00 e. The first-order chi connectivity index (χ1) is 2.89. The van der Waals surface area contributed by atoms with Gasteiger partial charge in [-0.3, -0.25) is 11.3 Å². The number of thiophene rings is 1. The zero-order valence-corrected chi connectivity index (χ0v) is 5.51. The second-order valence-electron chi connectivity index (χ2n) is 0.857. The van der Waals surface area contributed by atoms with Crippen molar-refractivity contribution >= 4 is 22.9 Å². The van der Waals surface area contributed by atoms with E-state index < -0.39 is 0 Å². The van der Waals surface area contributed by atoms with E-state index in [2.05, 4.69) is 5.38 Å². The Balaban J connectivity index is 0.000000360. The van der Waals surface area contributed by atoms with Crippen molar-refractivity contribution in [1.82, 2.24) is 0 Å². The Labute approximate surface area is 63.7 Å². The fourth-order valence-corrected chi connectivity index (χ4v) is 0.805. The van der Waals surface area contributed by atoms with Gasteiger partial charge in [-0.25, -0.2) is 0 Å². The van der Waals surface area contributed by atoms with Crippen LogP contribution >= 0.6 is 22.9 Å². The molecule has 0 spiro atoms. The van der Waals surface area contributed by atoms with Crippen molar-refractivity contribution in [1.29, 1.82) is 0 Å². The summed E-state index contributed by atoms with van der Waals surface area (Å²) >= 11 is 6.86. The van der Waals surface area contributed by atoms with E-state index in [1.807, 2.05) is 6.07 Å². The van der Waals surface area contributed by atoms with Gasteiger partial charge >= 0.3 is 18.9 Å². The molecule has 0 amide bonds. The van der Waals surface area contributed by atoms with Gasteiger partial charge in [0.1, 0.15) is 0 Å². The van der Waals surface area contributed by atoms with Crippen LogP contribution in [0.1, 0.15) is 0 Å². The van der Waals surface area contributed by atoms with E-state index in [-0.39, 0.29) is 18.9 Å². The van der Waals surface area contributed by atoms with Crippen LogP contribution in [0.15, 0.2) is 12.1 Å². The van der Waals surface area contributed by atoms with E-state index >= 15 is 0 Å². The maximum atomic E-state index is 5.44. The van der Waals surface area contributed by atoms with E-state index in [1.165, 1.54) is 11.3 Å². The zero-order valence-electron chi connectivity index (χ0n) is 3.94. The van der Waals surface area contributed by atoms with Gasteiger partial charge in [0.25, 0.3) is 0 Å². The molecule has 1 heterocycles. The Morgan fingerprint density at radius 2 is 2.43 bits per heavy atom. The number of hydrogen-bond donors (Lipinski definition) is 0. The molecule has 0 saturated heterocycles. The fourth-order valence-electron chi connectivity index (χ4n) is 0.224. The van der Waals surface area contributed by atoms with Crippen LogP contribution in [0.2, 0.25) is 4.34 Å². The van der Waals surface area contributed by atoms with Crippen LogP contribution < -0.4 is 18.9 Å². The normalized spacial score (nSPS) is 7.57. The van der Waals surface area contributed by atoms with Gasteiger partial charge in [0.05, 0.1) is 0 Å². The van der Waals surface area contributed by atoms with Crippen LogP contribution in [0, 0.1) is 5.38 Å². The molecule has 0 aliphatic heterocycles. The molecule has 0 aliphatic carbocycles. The molecule has 0 bridgehead atoms. The number of halogens is 1. The third-order valence-corrected chi connectivity index (χ3v) is 1.38. The van der Waals surface area contributed by atoms with Gasteiger partial charge in [-0.05, 0) is 0 Å². The fraction of sp³-hybridized carbons (Fsp3) is 0. The molecule has 32 valence electrons. The van der Waals surface area contributed by atoms with Crippen molar-refractivity contribution in [2.45, 2.75) is 0 Å². The van der Waals surface area contributed by atoms with Crippen LogP contribution in [-0.4, -0.2) is 0 Å². The molecular formula is C4H2ClLiS. The molecule has 0 aromatic carbocycles. The molecule has 0 unspecified atom stereocenters. The Kier molecular flexibility index (Phi) is 3.87. The standard InChI is InChI=1S/C4H2ClS.Li/c5-4-2-1-3-6-4;/h1-2H;/q-1;+1. The van der Waals surface area contributed by atoms with Gasteiger partial charge in [0.2, 0.25) is 0 Å². The van der Waals surface area contributed by atoms with Crippen molar-refractivity contribution in [3.63, 3.8) is 0 Å². The monoisotopic (exact) mass is 124 g/mol. The Morgan fingerprint density at radius 3 is 2.57 bits per heavy atom. The quantitative estimate of drug-likeness (QED) is 0.314.